The van der Waals surface area contributed by atoms with Crippen LogP contribution in [0.25, 0.3) is 0 Å². The van der Waals surface area contributed by atoms with Gasteiger partial charge in [0.15, 0.2) is 0 Å². The van der Waals surface area contributed by atoms with Crippen molar-refractivity contribution in [1.82, 2.24) is 9.80 Å². The van der Waals surface area contributed by atoms with Crippen LogP contribution >= 0.6 is 0 Å². The number of amides is 4. The predicted molar refractivity (Wildman–Crippen MR) is 57.1 cm³/mol. The molecule has 1 aliphatic rings. The number of likely N-dealkylation sites (tertiary alicyclic amines) is 1. The minimum absolute atomic E-state index is 0.107. The third-order valence-electron chi connectivity index (χ3n) is 2.46. The third-order valence-corrected chi connectivity index (χ3v) is 2.46. The highest BCUT2D eigenvalue weighted by Crippen LogP contribution is 2.16. The number of rotatable bonds is 2. The average molecular weight is 227 g/mol. The van der Waals surface area contributed by atoms with Crippen LogP contribution in [0, 0.1) is 0 Å². The molecule has 16 heavy (non-hydrogen) atoms. The summed E-state index contributed by atoms with van der Waals surface area (Å²) in [4.78, 5) is 36.8. The molecule has 90 valence electrons. The highest BCUT2D eigenvalue weighted by molar-refractivity contribution is 6.14. The molecule has 2 N–H and O–H groups in total. The first-order valence-electron chi connectivity index (χ1n) is 5.30. The van der Waals surface area contributed by atoms with Crippen molar-refractivity contribution >= 4 is 17.8 Å². The number of urea groups is 1. The number of carbonyl (C=O) groups excluding carboxylic acids is 3. The van der Waals surface area contributed by atoms with Crippen molar-refractivity contribution in [1.29, 1.82) is 0 Å². The van der Waals surface area contributed by atoms with Gasteiger partial charge in [0.05, 0.1) is 6.17 Å². The zero-order valence-corrected chi connectivity index (χ0v) is 9.77. The molecule has 0 aromatic rings. The molecule has 1 heterocycles. The van der Waals surface area contributed by atoms with Crippen molar-refractivity contribution in [3.05, 3.63) is 0 Å². The molecular weight excluding hydrogens is 210 g/mol. The second kappa shape index (κ2) is 4.61. The number of nitrogens with two attached hydrogens (primary N) is 1. The van der Waals surface area contributed by atoms with Crippen molar-refractivity contribution < 1.29 is 14.4 Å². The molecule has 1 saturated heterocycles. The minimum Gasteiger partial charge on any atom is -0.311 e. The van der Waals surface area contributed by atoms with E-state index >= 15 is 0 Å². The molecule has 0 bridgehead atoms. The van der Waals surface area contributed by atoms with Crippen LogP contribution in [0.4, 0.5) is 4.79 Å². The maximum atomic E-state index is 12.0. The van der Waals surface area contributed by atoms with Gasteiger partial charge in [0.25, 0.3) is 0 Å². The van der Waals surface area contributed by atoms with E-state index in [1.54, 1.807) is 20.8 Å². The Morgan fingerprint density at radius 2 is 1.69 bits per heavy atom. The first-order valence-corrected chi connectivity index (χ1v) is 5.30. The minimum atomic E-state index is -0.613. The summed E-state index contributed by atoms with van der Waals surface area (Å²) < 4.78 is 0. The van der Waals surface area contributed by atoms with Crippen LogP contribution in [0.2, 0.25) is 0 Å². The number of imide groups is 3. The Bertz CT molecular complexity index is 301. The Hall–Kier alpha value is -1.43. The Kier molecular flexibility index (Phi) is 3.64. The molecule has 1 aliphatic heterocycles. The lowest BCUT2D eigenvalue weighted by atomic mass is 10.3. The fraction of sp³-hybridized carbons (Fsp3) is 0.700. The smallest absolute Gasteiger partial charge is 0.311 e. The number of hydrogen-bond donors (Lipinski definition) is 1. The summed E-state index contributed by atoms with van der Waals surface area (Å²) in [5.41, 5.74) is 5.65. The predicted octanol–water partition coefficient (Wildman–Crippen LogP) is 0.271. The topological polar surface area (TPSA) is 83.7 Å². The van der Waals surface area contributed by atoms with Crippen molar-refractivity contribution in [2.24, 2.45) is 5.73 Å². The largest absolute Gasteiger partial charge is 0.335 e. The number of carbonyl (C=O) groups is 3. The van der Waals surface area contributed by atoms with Crippen molar-refractivity contribution in [3.8, 4) is 0 Å². The second-order valence-electron chi connectivity index (χ2n) is 4.15. The fourth-order valence-electron chi connectivity index (χ4n) is 1.77. The normalized spacial score (nSPS) is 18.2. The van der Waals surface area contributed by atoms with Gasteiger partial charge in [-0.1, -0.05) is 0 Å². The zero-order chi connectivity index (χ0) is 12.5. The van der Waals surface area contributed by atoms with Crippen LogP contribution in [0.1, 0.15) is 33.6 Å². The fourth-order valence-corrected chi connectivity index (χ4v) is 1.77. The van der Waals surface area contributed by atoms with Gasteiger partial charge >= 0.3 is 6.03 Å². The van der Waals surface area contributed by atoms with Gasteiger partial charge in [-0.2, -0.15) is 0 Å². The van der Waals surface area contributed by atoms with Gasteiger partial charge in [-0.25, -0.2) is 9.69 Å². The van der Waals surface area contributed by atoms with Crippen LogP contribution in [0.15, 0.2) is 0 Å². The average Bonchev–Trinajstić information content (AvgIpc) is 2.44. The van der Waals surface area contributed by atoms with Crippen LogP contribution in [0.5, 0.6) is 0 Å². The van der Waals surface area contributed by atoms with E-state index in [0.29, 0.717) is 4.90 Å². The number of nitrogens with zero attached hydrogens (tertiary/aromatic N) is 2. The van der Waals surface area contributed by atoms with Crippen LogP contribution in [-0.2, 0) is 9.59 Å². The van der Waals surface area contributed by atoms with E-state index < -0.39 is 24.0 Å². The van der Waals surface area contributed by atoms with Gasteiger partial charge in [0, 0.05) is 18.9 Å². The standard InChI is InChI=1S/C10H17N3O3/c1-6(2)12(7(3)11)10(16)13-8(14)4-5-9(13)15/h6-7H,4-5,11H2,1-3H3. The second-order valence-corrected chi connectivity index (χ2v) is 4.15. The van der Waals surface area contributed by atoms with Gasteiger partial charge in [-0.3, -0.25) is 9.59 Å². The first-order chi connectivity index (χ1) is 7.36. The lowest BCUT2D eigenvalue weighted by molar-refractivity contribution is -0.135. The van der Waals surface area contributed by atoms with Gasteiger partial charge < -0.3 is 10.6 Å². The molecule has 0 radical (unpaired) electrons. The van der Waals surface area contributed by atoms with E-state index in [4.69, 9.17) is 5.73 Å². The molecule has 0 aromatic heterocycles. The van der Waals surface area contributed by atoms with E-state index in [1.165, 1.54) is 4.90 Å². The van der Waals surface area contributed by atoms with Gasteiger partial charge in [-0.15, -0.1) is 0 Å². The molecule has 1 unspecified atom stereocenters. The summed E-state index contributed by atoms with van der Waals surface area (Å²) in [6, 6.07) is -0.772. The highest BCUT2D eigenvalue weighted by Gasteiger charge is 2.38. The molecule has 1 atom stereocenters. The molecule has 0 aromatic carbocycles. The van der Waals surface area contributed by atoms with Gasteiger partial charge in [0.2, 0.25) is 11.8 Å². The molecular formula is C10H17N3O3. The Balaban J connectivity index is 2.90. The molecule has 4 amide bonds. The summed E-state index contributed by atoms with van der Waals surface area (Å²) >= 11 is 0. The quantitative estimate of drug-likeness (QED) is 0.542. The van der Waals surface area contributed by atoms with Crippen LogP contribution < -0.4 is 5.73 Å². The highest BCUT2D eigenvalue weighted by atomic mass is 16.2. The summed E-state index contributed by atoms with van der Waals surface area (Å²) in [7, 11) is 0. The van der Waals surface area contributed by atoms with E-state index in [9.17, 15) is 14.4 Å². The molecule has 0 spiro atoms. The van der Waals surface area contributed by atoms with E-state index in [0.717, 1.165) is 0 Å². The number of hydrogen-bond acceptors (Lipinski definition) is 4. The first kappa shape index (κ1) is 12.6. The van der Waals surface area contributed by atoms with Gasteiger partial charge in [0.1, 0.15) is 0 Å². The van der Waals surface area contributed by atoms with E-state index in [1.807, 2.05) is 0 Å². The zero-order valence-electron chi connectivity index (χ0n) is 9.77. The van der Waals surface area contributed by atoms with Crippen molar-refractivity contribution in [2.75, 3.05) is 0 Å². The SMILES string of the molecule is CC(C)N(C(=O)N1C(=O)CCC1=O)C(C)N. The van der Waals surface area contributed by atoms with Crippen molar-refractivity contribution in [3.63, 3.8) is 0 Å². The summed E-state index contributed by atoms with van der Waals surface area (Å²) in [5.74, 6) is -0.886. The Morgan fingerprint density at radius 3 is 2.00 bits per heavy atom. The third kappa shape index (κ3) is 2.21. The summed E-state index contributed by atoms with van der Waals surface area (Å²) in [6.07, 6.45) is -0.320. The maximum Gasteiger partial charge on any atom is 0.335 e. The van der Waals surface area contributed by atoms with Crippen molar-refractivity contribution in [2.45, 2.75) is 45.8 Å². The molecule has 6 nitrogen and oxygen atoms in total. The van der Waals surface area contributed by atoms with Crippen LogP contribution in [-0.4, -0.2) is 39.9 Å². The molecule has 1 fully saturated rings. The monoisotopic (exact) mass is 227 g/mol. The van der Waals surface area contributed by atoms with E-state index in [2.05, 4.69) is 0 Å². The maximum absolute atomic E-state index is 12.0. The lowest BCUT2D eigenvalue weighted by Crippen LogP contribution is -2.54. The molecule has 1 rings (SSSR count). The Morgan fingerprint density at radius 1 is 1.25 bits per heavy atom. The van der Waals surface area contributed by atoms with Crippen LogP contribution in [0.3, 0.4) is 0 Å². The van der Waals surface area contributed by atoms with E-state index in [-0.39, 0.29) is 18.9 Å². The summed E-state index contributed by atoms with van der Waals surface area (Å²) in [6.45, 7) is 5.21. The van der Waals surface area contributed by atoms with Gasteiger partial charge in [-0.05, 0) is 20.8 Å². The molecule has 0 saturated carbocycles. The summed E-state index contributed by atoms with van der Waals surface area (Å²) in [5, 5.41) is 0. The molecule has 0 aliphatic carbocycles. The molecule has 6 heteroatoms. The lowest BCUT2D eigenvalue weighted by Gasteiger charge is -2.32. The Labute approximate surface area is 94.4 Å².